The zero-order valence-electron chi connectivity index (χ0n) is 12.5. The van der Waals surface area contributed by atoms with Crippen molar-refractivity contribution < 1.29 is 4.79 Å². The second kappa shape index (κ2) is 4.58. The van der Waals surface area contributed by atoms with Gasteiger partial charge in [-0.3, -0.25) is 18.6 Å². The van der Waals surface area contributed by atoms with Crippen molar-refractivity contribution in [3.8, 4) is 0 Å². The molecule has 0 radical (unpaired) electrons. The summed E-state index contributed by atoms with van der Waals surface area (Å²) in [6.07, 6.45) is 1.79. The van der Waals surface area contributed by atoms with E-state index in [0.29, 0.717) is 12.3 Å². The third kappa shape index (κ3) is 1.71. The third-order valence-corrected chi connectivity index (χ3v) is 3.77. The largest absolute Gasteiger partial charge is 0.368 e. The predicted molar refractivity (Wildman–Crippen MR) is 79.8 cm³/mol. The molecule has 1 amide bonds. The molecule has 3 heterocycles. The molecule has 3 aromatic rings. The van der Waals surface area contributed by atoms with Crippen LogP contribution in [0.5, 0.6) is 0 Å². The number of rotatable bonds is 3. The Morgan fingerprint density at radius 2 is 2.00 bits per heavy atom. The average Bonchev–Trinajstić information content (AvgIpc) is 2.95. The molecule has 0 saturated heterocycles. The van der Waals surface area contributed by atoms with Crippen molar-refractivity contribution in [2.24, 2.45) is 12.8 Å². The highest BCUT2D eigenvalue weighted by molar-refractivity contribution is 5.77. The molecule has 3 aromatic heterocycles. The van der Waals surface area contributed by atoms with E-state index < -0.39 is 23.7 Å². The standard InChI is InChI=1S/C13H16N6O3/c1-4-17-7(2)5-18-9-10(15-12(17)18)16(3)13(22)19(11(9)21)6-8(14)20/h5H,4,6H2,1-3H3,(H2,14,20). The lowest BCUT2D eigenvalue weighted by Crippen LogP contribution is -2.42. The first-order chi connectivity index (χ1) is 10.4. The number of primary amides is 1. The molecule has 0 aliphatic carbocycles. The van der Waals surface area contributed by atoms with E-state index in [2.05, 4.69) is 4.98 Å². The predicted octanol–water partition coefficient (Wildman–Crippen LogP) is -1.04. The lowest BCUT2D eigenvalue weighted by atomic mass is 10.4. The maximum Gasteiger partial charge on any atom is 0.332 e. The van der Waals surface area contributed by atoms with Crippen molar-refractivity contribution in [2.45, 2.75) is 26.9 Å². The molecule has 0 aromatic carbocycles. The zero-order chi connectivity index (χ0) is 16.2. The monoisotopic (exact) mass is 304 g/mol. The summed E-state index contributed by atoms with van der Waals surface area (Å²) in [5.41, 5.74) is 5.42. The van der Waals surface area contributed by atoms with Crippen molar-refractivity contribution in [1.82, 2.24) is 23.1 Å². The molecule has 0 aliphatic heterocycles. The van der Waals surface area contributed by atoms with Crippen LogP contribution >= 0.6 is 0 Å². The van der Waals surface area contributed by atoms with Gasteiger partial charge in [-0.25, -0.2) is 9.36 Å². The van der Waals surface area contributed by atoms with Crippen molar-refractivity contribution in [1.29, 1.82) is 0 Å². The third-order valence-electron chi connectivity index (χ3n) is 3.77. The topological polar surface area (TPSA) is 109 Å². The molecule has 0 atom stereocenters. The molecule has 0 fully saturated rings. The van der Waals surface area contributed by atoms with Gasteiger partial charge in [0.1, 0.15) is 6.54 Å². The first-order valence-corrected chi connectivity index (χ1v) is 6.82. The normalized spacial score (nSPS) is 11.6. The van der Waals surface area contributed by atoms with Gasteiger partial charge in [0.2, 0.25) is 11.7 Å². The number of hydrogen-bond acceptors (Lipinski definition) is 4. The van der Waals surface area contributed by atoms with E-state index in [1.807, 2.05) is 18.4 Å². The Hall–Kier alpha value is -2.84. The fourth-order valence-corrected chi connectivity index (χ4v) is 2.74. The number of aryl methyl sites for hydroxylation is 3. The van der Waals surface area contributed by atoms with Crippen LogP contribution in [0.4, 0.5) is 0 Å². The van der Waals surface area contributed by atoms with E-state index in [0.717, 1.165) is 10.3 Å². The van der Waals surface area contributed by atoms with Gasteiger partial charge in [-0.15, -0.1) is 0 Å². The van der Waals surface area contributed by atoms with Gasteiger partial charge in [-0.2, -0.15) is 4.98 Å². The molecule has 2 N–H and O–H groups in total. The molecular formula is C13H16N6O3. The van der Waals surface area contributed by atoms with E-state index in [9.17, 15) is 14.4 Å². The summed E-state index contributed by atoms with van der Waals surface area (Å²) in [5, 5.41) is 0. The van der Waals surface area contributed by atoms with Crippen LogP contribution in [0, 0.1) is 6.92 Å². The number of amides is 1. The molecule has 0 saturated carbocycles. The smallest absolute Gasteiger partial charge is 0.332 e. The summed E-state index contributed by atoms with van der Waals surface area (Å²) in [6.45, 7) is 4.11. The number of nitrogens with zero attached hydrogens (tertiary/aromatic N) is 5. The fraction of sp³-hybridized carbons (Fsp3) is 0.385. The molecule has 0 spiro atoms. The fourth-order valence-electron chi connectivity index (χ4n) is 2.74. The minimum atomic E-state index is -0.749. The Balaban J connectivity index is 2.53. The molecule has 116 valence electrons. The molecule has 9 heteroatoms. The highest BCUT2D eigenvalue weighted by atomic mass is 16.2. The van der Waals surface area contributed by atoms with Crippen LogP contribution in [0.2, 0.25) is 0 Å². The minimum Gasteiger partial charge on any atom is -0.368 e. The van der Waals surface area contributed by atoms with Crippen LogP contribution in [0.25, 0.3) is 16.9 Å². The summed E-state index contributed by atoms with van der Waals surface area (Å²) >= 11 is 0. The molecule has 3 rings (SSSR count). The Labute approximate surface area is 124 Å². The lowest BCUT2D eigenvalue weighted by Gasteiger charge is -2.05. The van der Waals surface area contributed by atoms with Gasteiger partial charge in [0.15, 0.2) is 11.2 Å². The Bertz CT molecular complexity index is 1030. The number of imidazole rings is 2. The molecule has 0 aliphatic rings. The Morgan fingerprint density at radius 1 is 1.32 bits per heavy atom. The van der Waals surface area contributed by atoms with Gasteiger partial charge in [-0.05, 0) is 13.8 Å². The van der Waals surface area contributed by atoms with Gasteiger partial charge < -0.3 is 10.3 Å². The quantitative estimate of drug-likeness (QED) is 0.666. The number of carbonyl (C=O) groups is 1. The van der Waals surface area contributed by atoms with E-state index in [-0.39, 0.29) is 11.2 Å². The van der Waals surface area contributed by atoms with Crippen LogP contribution < -0.4 is 17.0 Å². The van der Waals surface area contributed by atoms with Gasteiger partial charge in [0.05, 0.1) is 0 Å². The maximum absolute atomic E-state index is 12.6. The van der Waals surface area contributed by atoms with Crippen molar-refractivity contribution in [3.05, 3.63) is 32.7 Å². The van der Waals surface area contributed by atoms with Gasteiger partial charge >= 0.3 is 5.69 Å². The molecular weight excluding hydrogens is 288 g/mol. The highest BCUT2D eigenvalue weighted by Crippen LogP contribution is 2.15. The molecule has 9 nitrogen and oxygen atoms in total. The number of aromatic nitrogens is 5. The number of nitrogens with two attached hydrogens (primary N) is 1. The molecule has 0 unspecified atom stereocenters. The summed E-state index contributed by atoms with van der Waals surface area (Å²) in [6, 6.07) is 0. The van der Waals surface area contributed by atoms with Gasteiger partial charge in [0, 0.05) is 25.5 Å². The average molecular weight is 304 g/mol. The van der Waals surface area contributed by atoms with Crippen LogP contribution in [0.1, 0.15) is 12.6 Å². The van der Waals surface area contributed by atoms with Gasteiger partial charge in [0.25, 0.3) is 5.56 Å². The zero-order valence-corrected chi connectivity index (χ0v) is 12.5. The summed E-state index contributed by atoms with van der Waals surface area (Å²) in [7, 11) is 1.51. The molecule has 0 bridgehead atoms. The highest BCUT2D eigenvalue weighted by Gasteiger charge is 2.20. The van der Waals surface area contributed by atoms with Crippen molar-refractivity contribution >= 4 is 22.8 Å². The summed E-state index contributed by atoms with van der Waals surface area (Å²) < 4.78 is 5.66. The molecule has 22 heavy (non-hydrogen) atoms. The summed E-state index contributed by atoms with van der Waals surface area (Å²) in [4.78, 5) is 40.3. The number of hydrogen-bond donors (Lipinski definition) is 1. The van der Waals surface area contributed by atoms with E-state index in [1.54, 1.807) is 10.6 Å². The maximum atomic E-state index is 12.6. The Kier molecular flexibility index (Phi) is 2.94. The SMILES string of the molecule is CCn1c(C)cn2c3c(=O)n(CC(N)=O)c(=O)n(C)c3nc12. The van der Waals surface area contributed by atoms with Crippen LogP contribution in [0.3, 0.4) is 0 Å². The van der Waals surface area contributed by atoms with E-state index >= 15 is 0 Å². The number of carbonyl (C=O) groups excluding carboxylic acids is 1. The minimum absolute atomic E-state index is 0.258. The second-order valence-corrected chi connectivity index (χ2v) is 5.17. The van der Waals surface area contributed by atoms with Crippen LogP contribution in [0.15, 0.2) is 15.8 Å². The first-order valence-electron chi connectivity index (χ1n) is 6.82. The number of fused-ring (bicyclic) bond motifs is 3. The lowest BCUT2D eigenvalue weighted by molar-refractivity contribution is -0.118. The van der Waals surface area contributed by atoms with Crippen LogP contribution in [-0.2, 0) is 24.9 Å². The van der Waals surface area contributed by atoms with Crippen molar-refractivity contribution in [3.63, 3.8) is 0 Å². The van der Waals surface area contributed by atoms with Gasteiger partial charge in [-0.1, -0.05) is 0 Å². The van der Waals surface area contributed by atoms with Crippen molar-refractivity contribution in [2.75, 3.05) is 0 Å². The summed E-state index contributed by atoms with van der Waals surface area (Å²) in [5.74, 6) is -0.166. The van der Waals surface area contributed by atoms with E-state index in [1.165, 1.54) is 11.6 Å². The Morgan fingerprint density at radius 3 is 2.59 bits per heavy atom. The van der Waals surface area contributed by atoms with Crippen LogP contribution in [-0.4, -0.2) is 29.0 Å². The van der Waals surface area contributed by atoms with E-state index in [4.69, 9.17) is 5.73 Å². The first kappa shape index (κ1) is 14.1. The second-order valence-electron chi connectivity index (χ2n) is 5.17.